The molecule has 0 heterocycles. The van der Waals surface area contributed by atoms with Crippen molar-refractivity contribution in [3.8, 4) is 11.5 Å². The lowest BCUT2D eigenvalue weighted by molar-refractivity contribution is 0.482. The minimum atomic E-state index is -0.0490. The van der Waals surface area contributed by atoms with Gasteiger partial charge in [-0.05, 0) is 48.9 Å². The number of hydrogen-bond acceptors (Lipinski definition) is 2. The number of halogens is 2. The quantitative estimate of drug-likeness (QED) is 0.877. The van der Waals surface area contributed by atoms with Crippen LogP contribution in [0.15, 0.2) is 42.5 Å². The minimum Gasteiger partial charge on any atom is -0.456 e. The van der Waals surface area contributed by atoms with Gasteiger partial charge in [0.2, 0.25) is 0 Å². The van der Waals surface area contributed by atoms with E-state index in [1.54, 1.807) is 24.3 Å². The molecule has 0 aliphatic carbocycles. The number of ether oxygens (including phenoxy) is 1. The largest absolute Gasteiger partial charge is 0.456 e. The SMILES string of the molecule is C[C@H](N)c1ccc(Oc2ccc(Cl)cc2)c(Cl)c1. The van der Waals surface area contributed by atoms with Crippen LogP contribution in [0.25, 0.3) is 0 Å². The summed E-state index contributed by atoms with van der Waals surface area (Å²) in [5.41, 5.74) is 6.76. The van der Waals surface area contributed by atoms with Gasteiger partial charge >= 0.3 is 0 Å². The molecule has 2 nitrogen and oxygen atoms in total. The summed E-state index contributed by atoms with van der Waals surface area (Å²) in [5.74, 6) is 1.29. The number of nitrogens with two attached hydrogens (primary N) is 1. The molecule has 2 aromatic carbocycles. The average molecular weight is 282 g/mol. The first kappa shape index (κ1) is 13.2. The Bertz CT molecular complexity index is 538. The first-order chi connectivity index (χ1) is 8.56. The third-order valence-electron chi connectivity index (χ3n) is 2.52. The normalized spacial score (nSPS) is 12.2. The van der Waals surface area contributed by atoms with Gasteiger partial charge in [0.1, 0.15) is 11.5 Å². The molecular weight excluding hydrogens is 269 g/mol. The van der Waals surface area contributed by atoms with E-state index in [2.05, 4.69) is 0 Å². The molecule has 0 aliphatic heterocycles. The predicted octanol–water partition coefficient (Wildman–Crippen LogP) is 4.81. The molecule has 0 spiro atoms. The zero-order chi connectivity index (χ0) is 13.1. The van der Waals surface area contributed by atoms with Gasteiger partial charge in [-0.1, -0.05) is 29.3 Å². The van der Waals surface area contributed by atoms with Crippen molar-refractivity contribution in [3.63, 3.8) is 0 Å². The van der Waals surface area contributed by atoms with Gasteiger partial charge in [-0.15, -0.1) is 0 Å². The summed E-state index contributed by atoms with van der Waals surface area (Å²) in [6.45, 7) is 1.91. The van der Waals surface area contributed by atoms with Crippen molar-refractivity contribution in [3.05, 3.63) is 58.1 Å². The van der Waals surface area contributed by atoms with Crippen molar-refractivity contribution in [2.45, 2.75) is 13.0 Å². The first-order valence-corrected chi connectivity index (χ1v) is 6.30. The highest BCUT2D eigenvalue weighted by Crippen LogP contribution is 2.31. The molecule has 0 saturated carbocycles. The van der Waals surface area contributed by atoms with Gasteiger partial charge in [0, 0.05) is 11.1 Å². The Morgan fingerprint density at radius 3 is 2.28 bits per heavy atom. The summed E-state index contributed by atoms with van der Waals surface area (Å²) in [5, 5.41) is 1.21. The van der Waals surface area contributed by atoms with Gasteiger partial charge < -0.3 is 10.5 Å². The van der Waals surface area contributed by atoms with Crippen molar-refractivity contribution < 1.29 is 4.74 Å². The molecule has 0 aliphatic rings. The van der Waals surface area contributed by atoms with Crippen LogP contribution in [0.3, 0.4) is 0 Å². The number of benzene rings is 2. The molecule has 2 aromatic rings. The van der Waals surface area contributed by atoms with Gasteiger partial charge in [0.15, 0.2) is 0 Å². The highest BCUT2D eigenvalue weighted by atomic mass is 35.5. The van der Waals surface area contributed by atoms with Crippen molar-refractivity contribution in [2.75, 3.05) is 0 Å². The standard InChI is InChI=1S/C14H13Cl2NO/c1-9(17)10-2-7-14(13(16)8-10)18-12-5-3-11(15)4-6-12/h2-9H,17H2,1H3/t9-/m0/s1. The third kappa shape index (κ3) is 3.16. The minimum absolute atomic E-state index is 0.0490. The summed E-state index contributed by atoms with van der Waals surface area (Å²) >= 11 is 12.0. The van der Waals surface area contributed by atoms with Gasteiger partial charge in [-0.25, -0.2) is 0 Å². The summed E-state index contributed by atoms with van der Waals surface area (Å²) in [4.78, 5) is 0. The zero-order valence-corrected chi connectivity index (χ0v) is 11.4. The van der Waals surface area contributed by atoms with Crippen LogP contribution in [0, 0.1) is 0 Å². The molecule has 0 fully saturated rings. The number of rotatable bonds is 3. The van der Waals surface area contributed by atoms with Crippen molar-refractivity contribution >= 4 is 23.2 Å². The van der Waals surface area contributed by atoms with Gasteiger partial charge in [0.05, 0.1) is 5.02 Å². The van der Waals surface area contributed by atoms with Gasteiger partial charge in [0.25, 0.3) is 0 Å². The Hall–Kier alpha value is -1.22. The Balaban J connectivity index is 2.22. The molecule has 0 amide bonds. The molecule has 1 atom stereocenters. The van der Waals surface area contributed by atoms with Crippen LogP contribution in [-0.4, -0.2) is 0 Å². The maximum atomic E-state index is 6.15. The van der Waals surface area contributed by atoms with E-state index in [0.29, 0.717) is 21.5 Å². The fourth-order valence-corrected chi connectivity index (χ4v) is 1.87. The molecule has 94 valence electrons. The maximum absolute atomic E-state index is 6.15. The molecular formula is C14H13Cl2NO. The van der Waals surface area contributed by atoms with Crippen LogP contribution in [0.1, 0.15) is 18.5 Å². The summed E-state index contributed by atoms with van der Waals surface area (Å²) < 4.78 is 5.67. The third-order valence-corrected chi connectivity index (χ3v) is 3.07. The predicted molar refractivity (Wildman–Crippen MR) is 75.6 cm³/mol. The Morgan fingerprint density at radius 2 is 1.72 bits per heavy atom. The molecule has 0 radical (unpaired) electrons. The lowest BCUT2D eigenvalue weighted by atomic mass is 10.1. The molecule has 18 heavy (non-hydrogen) atoms. The van der Waals surface area contributed by atoms with Crippen LogP contribution in [0.5, 0.6) is 11.5 Å². The molecule has 4 heteroatoms. The van der Waals surface area contributed by atoms with E-state index in [1.165, 1.54) is 0 Å². The van der Waals surface area contributed by atoms with E-state index >= 15 is 0 Å². The molecule has 0 aromatic heterocycles. The van der Waals surface area contributed by atoms with Crippen LogP contribution >= 0.6 is 23.2 Å². The van der Waals surface area contributed by atoms with Crippen LogP contribution < -0.4 is 10.5 Å². The number of hydrogen-bond donors (Lipinski definition) is 1. The Morgan fingerprint density at radius 1 is 1.06 bits per heavy atom. The van der Waals surface area contributed by atoms with E-state index in [1.807, 2.05) is 25.1 Å². The van der Waals surface area contributed by atoms with E-state index in [-0.39, 0.29) is 6.04 Å². The fourth-order valence-electron chi connectivity index (χ4n) is 1.51. The van der Waals surface area contributed by atoms with Crippen molar-refractivity contribution in [1.82, 2.24) is 0 Å². The molecule has 2 rings (SSSR count). The smallest absolute Gasteiger partial charge is 0.146 e. The Labute approximate surface area is 116 Å². The van der Waals surface area contributed by atoms with E-state index in [0.717, 1.165) is 5.56 Å². The molecule has 0 bridgehead atoms. The van der Waals surface area contributed by atoms with Crippen molar-refractivity contribution in [2.24, 2.45) is 5.73 Å². The summed E-state index contributed by atoms with van der Waals surface area (Å²) in [6, 6.07) is 12.6. The van der Waals surface area contributed by atoms with Crippen molar-refractivity contribution in [1.29, 1.82) is 0 Å². The van der Waals surface area contributed by atoms with Crippen LogP contribution in [-0.2, 0) is 0 Å². The van der Waals surface area contributed by atoms with Crippen LogP contribution in [0.2, 0.25) is 10.0 Å². The first-order valence-electron chi connectivity index (χ1n) is 5.54. The highest BCUT2D eigenvalue weighted by Gasteiger charge is 2.06. The van der Waals surface area contributed by atoms with Crippen LogP contribution in [0.4, 0.5) is 0 Å². The lowest BCUT2D eigenvalue weighted by Crippen LogP contribution is -2.04. The van der Waals surface area contributed by atoms with Gasteiger partial charge in [-0.2, -0.15) is 0 Å². The maximum Gasteiger partial charge on any atom is 0.146 e. The topological polar surface area (TPSA) is 35.2 Å². The van der Waals surface area contributed by atoms with E-state index < -0.39 is 0 Å². The monoisotopic (exact) mass is 281 g/mol. The van der Waals surface area contributed by atoms with E-state index in [9.17, 15) is 0 Å². The fraction of sp³-hybridized carbons (Fsp3) is 0.143. The van der Waals surface area contributed by atoms with E-state index in [4.69, 9.17) is 33.7 Å². The highest BCUT2D eigenvalue weighted by molar-refractivity contribution is 6.32. The summed E-state index contributed by atoms with van der Waals surface area (Å²) in [6.07, 6.45) is 0. The lowest BCUT2D eigenvalue weighted by Gasteiger charge is -2.11. The Kier molecular flexibility index (Phi) is 4.12. The average Bonchev–Trinajstić information content (AvgIpc) is 2.34. The second-order valence-electron chi connectivity index (χ2n) is 4.03. The zero-order valence-electron chi connectivity index (χ0n) is 9.86. The molecule has 2 N–H and O–H groups in total. The molecule has 0 saturated heterocycles. The second kappa shape index (κ2) is 5.61. The second-order valence-corrected chi connectivity index (χ2v) is 4.88. The molecule has 0 unspecified atom stereocenters. The van der Waals surface area contributed by atoms with Gasteiger partial charge in [-0.3, -0.25) is 0 Å². The summed E-state index contributed by atoms with van der Waals surface area (Å²) in [7, 11) is 0.